The average molecular weight is 261 g/mol. The molecule has 0 saturated carbocycles. The number of piperidine rings is 1. The van der Waals surface area contributed by atoms with Crippen LogP contribution in [0.4, 0.5) is 0 Å². The molecule has 1 aliphatic heterocycles. The Kier molecular flexibility index (Phi) is 3.76. The third-order valence-electron chi connectivity index (χ3n) is 3.64. The van der Waals surface area contributed by atoms with Crippen molar-refractivity contribution in [2.75, 3.05) is 13.1 Å². The molecule has 0 amide bonds. The van der Waals surface area contributed by atoms with E-state index in [1.807, 2.05) is 23.9 Å². The molecule has 0 aliphatic carbocycles. The van der Waals surface area contributed by atoms with E-state index >= 15 is 0 Å². The Hall–Kier alpha value is -1.13. The van der Waals surface area contributed by atoms with Crippen LogP contribution in [0.25, 0.3) is 0 Å². The van der Waals surface area contributed by atoms with E-state index in [9.17, 15) is 0 Å². The maximum absolute atomic E-state index is 4.34. The average Bonchev–Trinajstić information content (AvgIpc) is 3.09. The molecule has 1 fully saturated rings. The quantitative estimate of drug-likeness (QED) is 0.917. The van der Waals surface area contributed by atoms with Crippen LogP contribution in [-0.4, -0.2) is 22.6 Å². The molecular formula is C14H19N3S. The van der Waals surface area contributed by atoms with Crippen molar-refractivity contribution in [3.63, 3.8) is 0 Å². The lowest BCUT2D eigenvalue weighted by Crippen LogP contribution is -2.29. The van der Waals surface area contributed by atoms with Crippen molar-refractivity contribution >= 4 is 11.3 Å². The van der Waals surface area contributed by atoms with Gasteiger partial charge in [0.2, 0.25) is 0 Å². The fourth-order valence-corrected chi connectivity index (χ4v) is 3.35. The molecule has 2 aromatic rings. The highest BCUT2D eigenvalue weighted by Crippen LogP contribution is 2.23. The van der Waals surface area contributed by atoms with Crippen LogP contribution in [0.5, 0.6) is 0 Å². The van der Waals surface area contributed by atoms with Crippen molar-refractivity contribution < 1.29 is 0 Å². The van der Waals surface area contributed by atoms with Crippen LogP contribution in [0.1, 0.15) is 29.3 Å². The molecule has 1 unspecified atom stereocenters. The molecule has 2 aromatic heterocycles. The number of aryl methyl sites for hydroxylation is 2. The lowest BCUT2D eigenvalue weighted by molar-refractivity contribution is 0.440. The molecule has 0 spiro atoms. The molecule has 3 nitrogen and oxygen atoms in total. The maximum Gasteiger partial charge on any atom is 0.0948 e. The summed E-state index contributed by atoms with van der Waals surface area (Å²) in [6, 6.07) is 4.34. The first-order chi connectivity index (χ1) is 8.93. The molecule has 18 heavy (non-hydrogen) atoms. The van der Waals surface area contributed by atoms with E-state index in [2.05, 4.69) is 32.4 Å². The molecule has 3 rings (SSSR count). The summed E-state index contributed by atoms with van der Waals surface area (Å²) in [5, 5.41) is 5.63. The Morgan fingerprint density at radius 1 is 1.50 bits per heavy atom. The topological polar surface area (TPSA) is 29.9 Å². The van der Waals surface area contributed by atoms with Gasteiger partial charge >= 0.3 is 0 Å². The van der Waals surface area contributed by atoms with Crippen molar-refractivity contribution in [1.82, 2.24) is 14.9 Å². The molecule has 0 bridgehead atoms. The van der Waals surface area contributed by atoms with Gasteiger partial charge in [-0.3, -0.25) is 0 Å². The van der Waals surface area contributed by atoms with Crippen LogP contribution in [0, 0.1) is 0 Å². The van der Waals surface area contributed by atoms with Crippen LogP contribution in [0.3, 0.4) is 0 Å². The SMILES string of the molecule is c1csc(CCn2cncc2C2CCCNC2)c1. The minimum atomic E-state index is 0.643. The van der Waals surface area contributed by atoms with Crippen LogP contribution < -0.4 is 5.32 Å². The molecule has 0 aromatic carbocycles. The van der Waals surface area contributed by atoms with Gasteiger partial charge in [-0.05, 0) is 37.3 Å². The van der Waals surface area contributed by atoms with Gasteiger partial charge in [-0.25, -0.2) is 4.98 Å². The summed E-state index contributed by atoms with van der Waals surface area (Å²) in [6.45, 7) is 3.32. The Morgan fingerprint density at radius 3 is 3.28 bits per heavy atom. The summed E-state index contributed by atoms with van der Waals surface area (Å²) in [4.78, 5) is 5.79. The first-order valence-electron chi connectivity index (χ1n) is 6.66. The second-order valence-electron chi connectivity index (χ2n) is 4.88. The summed E-state index contributed by atoms with van der Waals surface area (Å²) in [7, 11) is 0. The van der Waals surface area contributed by atoms with Gasteiger partial charge in [0.05, 0.1) is 6.33 Å². The number of thiophene rings is 1. The predicted octanol–water partition coefficient (Wildman–Crippen LogP) is 2.65. The maximum atomic E-state index is 4.34. The lowest BCUT2D eigenvalue weighted by atomic mass is 9.96. The van der Waals surface area contributed by atoms with Gasteiger partial charge in [-0.1, -0.05) is 6.07 Å². The fraction of sp³-hybridized carbons (Fsp3) is 0.500. The van der Waals surface area contributed by atoms with E-state index in [0.717, 1.165) is 19.5 Å². The molecule has 3 heterocycles. The van der Waals surface area contributed by atoms with Gasteiger partial charge in [0.1, 0.15) is 0 Å². The minimum absolute atomic E-state index is 0.643. The summed E-state index contributed by atoms with van der Waals surface area (Å²) < 4.78 is 2.33. The first-order valence-corrected chi connectivity index (χ1v) is 7.54. The number of nitrogens with one attached hydrogen (secondary N) is 1. The Labute approximate surface area is 112 Å². The van der Waals surface area contributed by atoms with E-state index in [0.29, 0.717) is 5.92 Å². The normalized spacial score (nSPS) is 20.1. The van der Waals surface area contributed by atoms with E-state index in [-0.39, 0.29) is 0 Å². The largest absolute Gasteiger partial charge is 0.334 e. The molecule has 1 atom stereocenters. The Bertz CT molecular complexity index is 469. The van der Waals surface area contributed by atoms with Gasteiger partial charge in [0.15, 0.2) is 0 Å². The fourth-order valence-electron chi connectivity index (χ4n) is 2.65. The molecule has 1 aliphatic rings. The molecule has 0 radical (unpaired) electrons. The van der Waals surface area contributed by atoms with Gasteiger partial charge in [-0.15, -0.1) is 11.3 Å². The van der Waals surface area contributed by atoms with Crippen molar-refractivity contribution in [3.8, 4) is 0 Å². The van der Waals surface area contributed by atoms with Crippen LogP contribution in [0.2, 0.25) is 0 Å². The zero-order chi connectivity index (χ0) is 12.2. The molecule has 1 saturated heterocycles. The van der Waals surface area contributed by atoms with E-state index in [1.54, 1.807) is 0 Å². The number of nitrogens with zero attached hydrogens (tertiary/aromatic N) is 2. The molecule has 1 N–H and O–H groups in total. The van der Waals surface area contributed by atoms with E-state index in [1.165, 1.54) is 30.0 Å². The van der Waals surface area contributed by atoms with Gasteiger partial charge in [-0.2, -0.15) is 0 Å². The van der Waals surface area contributed by atoms with Gasteiger partial charge < -0.3 is 9.88 Å². The van der Waals surface area contributed by atoms with Crippen molar-refractivity contribution in [3.05, 3.63) is 40.6 Å². The summed E-state index contributed by atoms with van der Waals surface area (Å²) >= 11 is 1.84. The standard InChI is InChI=1S/C14H19N3S/c1-3-12(9-15-6-1)14-10-16-11-17(14)7-5-13-4-2-8-18-13/h2,4,8,10-12,15H,1,3,5-7,9H2. The van der Waals surface area contributed by atoms with Crippen molar-refractivity contribution in [1.29, 1.82) is 0 Å². The number of rotatable bonds is 4. The first kappa shape index (κ1) is 11.9. The van der Waals surface area contributed by atoms with Crippen molar-refractivity contribution in [2.24, 2.45) is 0 Å². The summed E-state index contributed by atoms with van der Waals surface area (Å²) in [5.74, 6) is 0.643. The third-order valence-corrected chi connectivity index (χ3v) is 4.58. The van der Waals surface area contributed by atoms with E-state index < -0.39 is 0 Å². The lowest BCUT2D eigenvalue weighted by Gasteiger charge is -2.23. The summed E-state index contributed by atoms with van der Waals surface area (Å²) in [6.07, 6.45) is 7.71. The van der Waals surface area contributed by atoms with Crippen LogP contribution >= 0.6 is 11.3 Å². The van der Waals surface area contributed by atoms with Gasteiger partial charge in [0.25, 0.3) is 0 Å². The highest BCUT2D eigenvalue weighted by Gasteiger charge is 2.18. The third kappa shape index (κ3) is 2.65. The highest BCUT2D eigenvalue weighted by atomic mass is 32.1. The number of hydrogen-bond donors (Lipinski definition) is 1. The minimum Gasteiger partial charge on any atom is -0.334 e. The van der Waals surface area contributed by atoms with Crippen molar-refractivity contribution in [2.45, 2.75) is 31.7 Å². The second kappa shape index (κ2) is 5.67. The summed E-state index contributed by atoms with van der Waals surface area (Å²) in [5.41, 5.74) is 1.40. The zero-order valence-corrected chi connectivity index (χ0v) is 11.3. The highest BCUT2D eigenvalue weighted by molar-refractivity contribution is 7.09. The van der Waals surface area contributed by atoms with Crippen LogP contribution in [-0.2, 0) is 13.0 Å². The number of imidazole rings is 1. The van der Waals surface area contributed by atoms with Gasteiger partial charge in [0, 0.05) is 35.8 Å². The van der Waals surface area contributed by atoms with E-state index in [4.69, 9.17) is 0 Å². The predicted molar refractivity (Wildman–Crippen MR) is 75.1 cm³/mol. The monoisotopic (exact) mass is 261 g/mol. The Balaban J connectivity index is 1.67. The van der Waals surface area contributed by atoms with Crippen LogP contribution in [0.15, 0.2) is 30.0 Å². The molecule has 96 valence electrons. The smallest absolute Gasteiger partial charge is 0.0948 e. The zero-order valence-electron chi connectivity index (χ0n) is 10.5. The number of hydrogen-bond acceptors (Lipinski definition) is 3. The number of aromatic nitrogens is 2. The Morgan fingerprint density at radius 2 is 2.50 bits per heavy atom. The molecule has 4 heteroatoms. The second-order valence-corrected chi connectivity index (χ2v) is 5.92. The molecular weight excluding hydrogens is 242 g/mol.